The van der Waals surface area contributed by atoms with Crippen molar-refractivity contribution < 1.29 is 14.2 Å². The molecule has 4 heterocycles. The van der Waals surface area contributed by atoms with Crippen molar-refractivity contribution in [3.63, 3.8) is 0 Å². The Morgan fingerprint density at radius 3 is 2.46 bits per heavy atom. The number of anilines is 6. The molecular weight excluding hydrogens is 518 g/mol. The Bertz CT molecular complexity index is 1510. The molecule has 2 aromatic heterocycles. The summed E-state index contributed by atoms with van der Waals surface area (Å²) < 4.78 is 16.6. The van der Waals surface area contributed by atoms with Crippen molar-refractivity contribution in [1.82, 2.24) is 15.0 Å². The van der Waals surface area contributed by atoms with Crippen LogP contribution in [0.15, 0.2) is 60.7 Å². The van der Waals surface area contributed by atoms with E-state index in [4.69, 9.17) is 24.2 Å². The minimum absolute atomic E-state index is 0.484. The number of nitrogens with one attached hydrogen (secondary N) is 2. The molecule has 0 radical (unpaired) electrons. The molecule has 4 aromatic rings. The van der Waals surface area contributed by atoms with Crippen LogP contribution in [-0.4, -0.2) is 62.0 Å². The van der Waals surface area contributed by atoms with E-state index in [1.54, 1.807) is 14.2 Å². The SMILES string of the molecule is COc1ccc(CN2CCc3c(Nc4cccc(C)n4)nc(Nc4ccc(N5CCOCC5)cc4OC)nc32)cc1. The molecule has 1 fully saturated rings. The van der Waals surface area contributed by atoms with Gasteiger partial charge >= 0.3 is 0 Å². The number of aromatic nitrogens is 3. The van der Waals surface area contributed by atoms with Crippen molar-refractivity contribution in [2.24, 2.45) is 0 Å². The van der Waals surface area contributed by atoms with Gasteiger partial charge in [0.2, 0.25) is 5.95 Å². The summed E-state index contributed by atoms with van der Waals surface area (Å²) in [5.41, 5.74) is 5.09. The highest BCUT2D eigenvalue weighted by Crippen LogP contribution is 2.37. The molecule has 41 heavy (non-hydrogen) atoms. The Kier molecular flexibility index (Phi) is 7.73. The molecule has 1 saturated heterocycles. The fourth-order valence-electron chi connectivity index (χ4n) is 5.24. The summed E-state index contributed by atoms with van der Waals surface area (Å²) in [6.07, 6.45) is 0.831. The van der Waals surface area contributed by atoms with Crippen LogP contribution in [0, 0.1) is 6.92 Å². The van der Waals surface area contributed by atoms with Gasteiger partial charge in [0.25, 0.3) is 0 Å². The average Bonchev–Trinajstić information content (AvgIpc) is 3.41. The maximum Gasteiger partial charge on any atom is 0.231 e. The first kappa shape index (κ1) is 26.6. The average molecular weight is 554 g/mol. The summed E-state index contributed by atoms with van der Waals surface area (Å²) in [6.45, 7) is 6.71. The quantitative estimate of drug-likeness (QED) is 0.292. The smallest absolute Gasteiger partial charge is 0.231 e. The van der Waals surface area contributed by atoms with Gasteiger partial charge in [-0.2, -0.15) is 9.97 Å². The van der Waals surface area contributed by atoms with Gasteiger partial charge in [0.15, 0.2) is 0 Å². The highest BCUT2D eigenvalue weighted by atomic mass is 16.5. The number of fused-ring (bicyclic) bond motifs is 1. The number of aryl methyl sites for hydroxylation is 1. The Morgan fingerprint density at radius 2 is 1.71 bits per heavy atom. The molecule has 2 aromatic carbocycles. The molecule has 0 aliphatic carbocycles. The van der Waals surface area contributed by atoms with E-state index in [1.165, 1.54) is 5.56 Å². The molecule has 6 rings (SSSR count). The summed E-state index contributed by atoms with van der Waals surface area (Å²) in [7, 11) is 3.36. The normalized spacial score (nSPS) is 14.5. The summed E-state index contributed by atoms with van der Waals surface area (Å²) in [5.74, 6) is 4.45. The first-order chi connectivity index (χ1) is 20.1. The Morgan fingerprint density at radius 1 is 0.878 bits per heavy atom. The van der Waals surface area contributed by atoms with E-state index in [2.05, 4.69) is 43.6 Å². The molecule has 2 aliphatic heterocycles. The summed E-state index contributed by atoms with van der Waals surface area (Å²) in [5, 5.41) is 6.88. The number of hydrogen-bond donors (Lipinski definition) is 2. The molecular formula is C31H35N7O3. The maximum absolute atomic E-state index is 5.78. The summed E-state index contributed by atoms with van der Waals surface area (Å²) >= 11 is 0. The topological polar surface area (TPSA) is 96.9 Å². The van der Waals surface area contributed by atoms with Crippen LogP contribution in [0.25, 0.3) is 0 Å². The first-order valence-electron chi connectivity index (χ1n) is 13.9. The number of rotatable bonds is 9. The van der Waals surface area contributed by atoms with Gasteiger partial charge in [-0.1, -0.05) is 18.2 Å². The number of hydrogen-bond acceptors (Lipinski definition) is 10. The second-order valence-corrected chi connectivity index (χ2v) is 10.1. The van der Waals surface area contributed by atoms with Crippen LogP contribution in [0.1, 0.15) is 16.8 Å². The van der Waals surface area contributed by atoms with Crippen molar-refractivity contribution >= 4 is 34.8 Å². The zero-order valence-electron chi connectivity index (χ0n) is 23.7. The highest BCUT2D eigenvalue weighted by Gasteiger charge is 2.27. The van der Waals surface area contributed by atoms with Crippen LogP contribution in [-0.2, 0) is 17.7 Å². The molecule has 2 N–H and O–H groups in total. The van der Waals surface area contributed by atoms with Crippen LogP contribution in [0.2, 0.25) is 0 Å². The Hall–Kier alpha value is -4.57. The Balaban J connectivity index is 1.32. The largest absolute Gasteiger partial charge is 0.497 e. The lowest BCUT2D eigenvalue weighted by Gasteiger charge is -2.29. The van der Waals surface area contributed by atoms with Gasteiger partial charge in [0.1, 0.15) is 29.0 Å². The lowest BCUT2D eigenvalue weighted by Crippen LogP contribution is -2.36. The fourth-order valence-corrected chi connectivity index (χ4v) is 5.24. The molecule has 10 nitrogen and oxygen atoms in total. The number of pyridine rings is 1. The monoisotopic (exact) mass is 553 g/mol. The molecule has 2 aliphatic rings. The van der Waals surface area contributed by atoms with Crippen molar-refractivity contribution in [2.45, 2.75) is 19.9 Å². The zero-order chi connectivity index (χ0) is 28.2. The number of ether oxygens (including phenoxy) is 3. The number of benzene rings is 2. The van der Waals surface area contributed by atoms with Crippen molar-refractivity contribution in [1.29, 1.82) is 0 Å². The summed E-state index contributed by atoms with van der Waals surface area (Å²) in [4.78, 5) is 19.2. The second kappa shape index (κ2) is 11.9. The van der Waals surface area contributed by atoms with E-state index in [1.807, 2.05) is 49.4 Å². The minimum Gasteiger partial charge on any atom is -0.497 e. The van der Waals surface area contributed by atoms with E-state index in [-0.39, 0.29) is 0 Å². The summed E-state index contributed by atoms with van der Waals surface area (Å²) in [6, 6.07) is 20.2. The van der Waals surface area contributed by atoms with Gasteiger partial charge in [0.05, 0.1) is 33.1 Å². The molecule has 10 heteroatoms. The van der Waals surface area contributed by atoms with Crippen molar-refractivity contribution in [3.8, 4) is 11.5 Å². The van der Waals surface area contributed by atoms with Crippen LogP contribution in [0.3, 0.4) is 0 Å². The van der Waals surface area contributed by atoms with E-state index in [0.717, 1.165) is 97.4 Å². The second-order valence-electron chi connectivity index (χ2n) is 10.1. The molecule has 0 saturated carbocycles. The van der Waals surface area contributed by atoms with Gasteiger partial charge in [-0.15, -0.1) is 0 Å². The lowest BCUT2D eigenvalue weighted by molar-refractivity contribution is 0.122. The molecule has 212 valence electrons. The Labute approximate surface area is 240 Å². The van der Waals surface area contributed by atoms with Gasteiger partial charge in [-0.3, -0.25) is 0 Å². The van der Waals surface area contributed by atoms with Crippen molar-refractivity contribution in [3.05, 3.63) is 77.5 Å². The van der Waals surface area contributed by atoms with Crippen LogP contribution >= 0.6 is 0 Å². The fraction of sp³-hybridized carbons (Fsp3) is 0.323. The predicted octanol–water partition coefficient (Wildman–Crippen LogP) is 5.08. The van der Waals surface area contributed by atoms with E-state index in [9.17, 15) is 0 Å². The van der Waals surface area contributed by atoms with E-state index >= 15 is 0 Å². The van der Waals surface area contributed by atoms with Crippen molar-refractivity contribution in [2.75, 3.05) is 67.5 Å². The number of nitrogens with zero attached hydrogens (tertiary/aromatic N) is 5. The standard InChI is InChI=1S/C31H35N7O3/c1-21-5-4-6-28(32-21)34-29-25-13-14-38(20-22-7-10-24(39-2)11-8-22)30(25)36-31(35-29)33-26-12-9-23(19-27(26)40-3)37-15-17-41-18-16-37/h4-12,19H,13-18,20H2,1-3H3,(H2,32,33,34,35,36). The van der Waals surface area contributed by atoms with E-state index in [0.29, 0.717) is 5.95 Å². The molecule has 0 amide bonds. The molecule has 0 atom stereocenters. The van der Waals surface area contributed by atoms with Gasteiger partial charge in [-0.25, -0.2) is 4.98 Å². The number of morpholine rings is 1. The third kappa shape index (κ3) is 5.97. The third-order valence-corrected chi connectivity index (χ3v) is 7.39. The minimum atomic E-state index is 0.484. The molecule has 0 bridgehead atoms. The molecule has 0 spiro atoms. The maximum atomic E-state index is 5.78. The third-order valence-electron chi connectivity index (χ3n) is 7.39. The molecule has 0 unspecified atom stereocenters. The van der Waals surface area contributed by atoms with E-state index < -0.39 is 0 Å². The lowest BCUT2D eigenvalue weighted by atomic mass is 10.2. The van der Waals surface area contributed by atoms with Gasteiger partial charge in [-0.05, 0) is 55.3 Å². The predicted molar refractivity (Wildman–Crippen MR) is 161 cm³/mol. The zero-order valence-corrected chi connectivity index (χ0v) is 23.7. The highest BCUT2D eigenvalue weighted by molar-refractivity contribution is 5.73. The van der Waals surface area contributed by atoms with Gasteiger partial charge in [0, 0.05) is 49.2 Å². The van der Waals surface area contributed by atoms with Crippen LogP contribution in [0.5, 0.6) is 11.5 Å². The van der Waals surface area contributed by atoms with Crippen LogP contribution in [0.4, 0.5) is 34.8 Å². The van der Waals surface area contributed by atoms with Crippen LogP contribution < -0.4 is 29.9 Å². The van der Waals surface area contributed by atoms with Gasteiger partial charge < -0.3 is 34.6 Å². The first-order valence-corrected chi connectivity index (χ1v) is 13.9. The number of methoxy groups -OCH3 is 2.